The molecule has 3 aromatic heterocycles. The van der Waals surface area contributed by atoms with Crippen LogP contribution in [0.5, 0.6) is 0 Å². The number of halogens is 1. The van der Waals surface area contributed by atoms with Crippen molar-refractivity contribution in [3.05, 3.63) is 47.6 Å². The van der Waals surface area contributed by atoms with E-state index in [0.717, 1.165) is 22.4 Å². The molecule has 0 radical (unpaired) electrons. The lowest BCUT2D eigenvalue weighted by Gasteiger charge is -2.34. The van der Waals surface area contributed by atoms with E-state index < -0.39 is 5.95 Å². The van der Waals surface area contributed by atoms with Crippen molar-refractivity contribution in [2.75, 3.05) is 6.54 Å². The number of amides is 1. The van der Waals surface area contributed by atoms with E-state index in [0.29, 0.717) is 18.7 Å². The van der Waals surface area contributed by atoms with Gasteiger partial charge >= 0.3 is 0 Å². The lowest BCUT2D eigenvalue weighted by molar-refractivity contribution is 0.0644. The van der Waals surface area contributed by atoms with E-state index >= 15 is 0 Å². The second-order valence-corrected chi connectivity index (χ2v) is 6.60. The quantitative estimate of drug-likeness (QED) is 0.658. The molecule has 7 nitrogen and oxygen atoms in total. The predicted octanol–water partition coefficient (Wildman–Crippen LogP) is 2.46. The number of carbonyl (C=O) groups excluding carboxylic acids is 1. The third kappa shape index (κ3) is 2.70. The number of hydrogen-bond acceptors (Lipinski definition) is 6. The fraction of sp³-hybridized carbons (Fsp3) is 0.312. The van der Waals surface area contributed by atoms with Crippen molar-refractivity contribution in [3.8, 4) is 10.8 Å². The third-order valence-corrected chi connectivity index (χ3v) is 5.10. The number of hydrogen-bond donors (Lipinski definition) is 0. The van der Waals surface area contributed by atoms with Gasteiger partial charge in [0.15, 0.2) is 10.8 Å². The highest BCUT2D eigenvalue weighted by molar-refractivity contribution is 7.09. The van der Waals surface area contributed by atoms with Crippen molar-refractivity contribution in [1.82, 2.24) is 28.8 Å². The Morgan fingerprint density at radius 2 is 2.12 bits per heavy atom. The Hall–Kier alpha value is -2.68. The first-order valence-electron chi connectivity index (χ1n) is 7.83. The number of fused-ring (bicyclic) bond motifs is 1. The molecule has 1 amide bonds. The molecule has 0 aromatic carbocycles. The Morgan fingerprint density at radius 1 is 1.28 bits per heavy atom. The predicted molar refractivity (Wildman–Crippen MR) is 89.5 cm³/mol. The summed E-state index contributed by atoms with van der Waals surface area (Å²) in [5, 5.41) is 0.776. The maximum Gasteiger partial charge on any atom is 0.256 e. The summed E-state index contributed by atoms with van der Waals surface area (Å²) in [6, 6.07) is 2.50. The van der Waals surface area contributed by atoms with Gasteiger partial charge < -0.3 is 9.47 Å². The number of carbonyl (C=O) groups is 1. The van der Waals surface area contributed by atoms with Crippen LogP contribution in [0.4, 0.5) is 4.39 Å². The number of aromatic nitrogens is 5. The van der Waals surface area contributed by atoms with Crippen molar-refractivity contribution in [1.29, 1.82) is 0 Å². The van der Waals surface area contributed by atoms with Crippen LogP contribution in [-0.2, 0) is 6.54 Å². The molecule has 0 spiro atoms. The number of aryl methyl sites for hydroxylation is 1. The summed E-state index contributed by atoms with van der Waals surface area (Å²) in [7, 11) is 0. The first kappa shape index (κ1) is 15.8. The lowest BCUT2D eigenvalue weighted by atomic mass is 10.1. The van der Waals surface area contributed by atoms with Gasteiger partial charge in [-0.25, -0.2) is 15.0 Å². The fourth-order valence-corrected chi connectivity index (χ4v) is 3.70. The van der Waals surface area contributed by atoms with Gasteiger partial charge in [0, 0.05) is 19.3 Å². The molecular formula is C16H15FN6OS. The van der Waals surface area contributed by atoms with Crippen LogP contribution in [0.25, 0.3) is 10.8 Å². The monoisotopic (exact) mass is 358 g/mol. The van der Waals surface area contributed by atoms with E-state index in [4.69, 9.17) is 0 Å². The highest BCUT2D eigenvalue weighted by Gasteiger charge is 2.31. The highest BCUT2D eigenvalue weighted by Crippen LogP contribution is 2.31. The lowest BCUT2D eigenvalue weighted by Crippen LogP contribution is -2.41. The van der Waals surface area contributed by atoms with Crippen molar-refractivity contribution in [3.63, 3.8) is 0 Å². The molecule has 128 valence electrons. The molecule has 25 heavy (non-hydrogen) atoms. The van der Waals surface area contributed by atoms with Gasteiger partial charge in [-0.1, -0.05) is 0 Å². The molecule has 0 bridgehead atoms. The first-order valence-corrected chi connectivity index (χ1v) is 8.60. The molecular weight excluding hydrogens is 343 g/mol. The van der Waals surface area contributed by atoms with Gasteiger partial charge in [0.25, 0.3) is 5.91 Å². The Labute approximate surface area is 147 Å². The molecule has 0 N–H and O–H groups in total. The maximum absolute atomic E-state index is 13.0. The van der Waals surface area contributed by atoms with Gasteiger partial charge in [0.2, 0.25) is 5.95 Å². The van der Waals surface area contributed by atoms with Crippen LogP contribution in [0.1, 0.15) is 34.8 Å². The summed E-state index contributed by atoms with van der Waals surface area (Å²) in [5.74, 6) is 0.740. The van der Waals surface area contributed by atoms with Crippen LogP contribution in [0.2, 0.25) is 0 Å². The molecule has 0 saturated heterocycles. The Kier molecular flexibility index (Phi) is 3.79. The molecule has 1 aliphatic rings. The van der Waals surface area contributed by atoms with Gasteiger partial charge in [0.1, 0.15) is 5.82 Å². The second kappa shape index (κ2) is 5.99. The SMILES string of the molecule is Cc1nsc(-c2ncc3n2CCN(C(=O)c2ccc(F)nc2)[C@@H]3C)n1. The molecule has 4 heterocycles. The van der Waals surface area contributed by atoms with Crippen molar-refractivity contribution in [2.45, 2.75) is 26.4 Å². The van der Waals surface area contributed by atoms with Crippen LogP contribution < -0.4 is 0 Å². The fourth-order valence-electron chi connectivity index (χ4n) is 3.02. The van der Waals surface area contributed by atoms with Crippen molar-refractivity contribution >= 4 is 17.4 Å². The average Bonchev–Trinajstić information content (AvgIpc) is 3.21. The standard InChI is InChI=1S/C16H15FN6OS/c1-9-12-8-19-14(15-20-10(2)21-25-15)23(12)6-5-22(9)16(24)11-3-4-13(17)18-7-11/h3-4,7-9H,5-6H2,1-2H3/t9-/m1/s1. The van der Waals surface area contributed by atoms with E-state index in [1.807, 2.05) is 13.8 Å². The normalized spacial score (nSPS) is 16.8. The highest BCUT2D eigenvalue weighted by atomic mass is 32.1. The van der Waals surface area contributed by atoms with E-state index in [1.54, 1.807) is 11.1 Å². The van der Waals surface area contributed by atoms with Crippen molar-refractivity contribution in [2.24, 2.45) is 0 Å². The molecule has 0 fully saturated rings. The summed E-state index contributed by atoms with van der Waals surface area (Å²) in [4.78, 5) is 26.9. The smallest absolute Gasteiger partial charge is 0.256 e. The van der Waals surface area contributed by atoms with Crippen LogP contribution in [-0.4, -0.2) is 41.2 Å². The Bertz CT molecular complexity index is 935. The van der Waals surface area contributed by atoms with Gasteiger partial charge in [0.05, 0.1) is 23.5 Å². The molecule has 0 aliphatic carbocycles. The van der Waals surface area contributed by atoms with E-state index in [9.17, 15) is 9.18 Å². The summed E-state index contributed by atoms with van der Waals surface area (Å²) in [6.07, 6.45) is 3.05. The Morgan fingerprint density at radius 3 is 2.80 bits per heavy atom. The molecule has 0 unspecified atom stereocenters. The number of nitrogens with zero attached hydrogens (tertiary/aromatic N) is 6. The minimum absolute atomic E-state index is 0.151. The average molecular weight is 358 g/mol. The molecule has 0 saturated carbocycles. The molecule has 1 aliphatic heterocycles. The minimum atomic E-state index is -0.599. The number of pyridine rings is 1. The van der Waals surface area contributed by atoms with E-state index in [1.165, 1.54) is 29.9 Å². The summed E-state index contributed by atoms with van der Waals surface area (Å²) < 4.78 is 19.3. The summed E-state index contributed by atoms with van der Waals surface area (Å²) in [5.41, 5.74) is 1.32. The topological polar surface area (TPSA) is 76.8 Å². The molecule has 9 heteroatoms. The van der Waals surface area contributed by atoms with Crippen molar-refractivity contribution < 1.29 is 9.18 Å². The van der Waals surface area contributed by atoms with Gasteiger partial charge in [-0.05, 0) is 37.5 Å². The maximum atomic E-state index is 13.0. The largest absolute Gasteiger partial charge is 0.328 e. The zero-order chi connectivity index (χ0) is 17.6. The zero-order valence-corrected chi connectivity index (χ0v) is 14.5. The van der Waals surface area contributed by atoms with Gasteiger partial charge in [-0.15, -0.1) is 0 Å². The van der Waals surface area contributed by atoms with E-state index in [2.05, 4.69) is 23.9 Å². The van der Waals surface area contributed by atoms with Gasteiger partial charge in [-0.2, -0.15) is 8.76 Å². The van der Waals surface area contributed by atoms with Gasteiger partial charge in [-0.3, -0.25) is 4.79 Å². The Balaban J connectivity index is 1.63. The van der Waals surface area contributed by atoms with Crippen LogP contribution in [0.15, 0.2) is 24.5 Å². The molecule has 3 aromatic rings. The number of imidazole rings is 1. The summed E-state index contributed by atoms with van der Waals surface area (Å²) in [6.45, 7) is 4.95. The van der Waals surface area contributed by atoms with E-state index in [-0.39, 0.29) is 11.9 Å². The third-order valence-electron chi connectivity index (χ3n) is 4.30. The summed E-state index contributed by atoms with van der Waals surface area (Å²) >= 11 is 1.32. The zero-order valence-electron chi connectivity index (χ0n) is 13.7. The molecule has 1 atom stereocenters. The number of rotatable bonds is 2. The van der Waals surface area contributed by atoms with Crippen LogP contribution in [0.3, 0.4) is 0 Å². The first-order chi connectivity index (χ1) is 12.0. The van der Waals surface area contributed by atoms with Crippen LogP contribution >= 0.6 is 11.5 Å². The minimum Gasteiger partial charge on any atom is -0.328 e. The molecule has 4 rings (SSSR count). The second-order valence-electron chi connectivity index (χ2n) is 5.85. The van der Waals surface area contributed by atoms with Crippen LogP contribution in [0, 0.1) is 12.9 Å².